The normalized spacial score (nSPS) is 15.9. The molecule has 0 bridgehead atoms. The highest BCUT2D eigenvalue weighted by Crippen LogP contribution is 2.36. The SMILES string of the molecule is N#Cc1ccc2sc(N(CCCCN3CCN(c4cccc5c4OCCC5)CC3)C(N)=O)cc2c1. The first-order valence-corrected chi connectivity index (χ1v) is 13.2. The van der Waals surface area contributed by atoms with Gasteiger partial charge in [-0.15, -0.1) is 11.3 Å². The number of anilines is 2. The zero-order valence-corrected chi connectivity index (χ0v) is 20.7. The molecule has 2 amide bonds. The van der Waals surface area contributed by atoms with E-state index in [1.807, 2.05) is 18.2 Å². The molecule has 7 nitrogen and oxygen atoms in total. The molecule has 2 N–H and O–H groups in total. The van der Waals surface area contributed by atoms with Crippen LogP contribution >= 0.6 is 11.3 Å². The lowest BCUT2D eigenvalue weighted by atomic mass is 10.0. The smallest absolute Gasteiger partial charge is 0.319 e. The molecule has 1 saturated heterocycles. The number of rotatable bonds is 7. The number of ether oxygens (including phenoxy) is 1. The lowest BCUT2D eigenvalue weighted by Crippen LogP contribution is -2.47. The highest BCUT2D eigenvalue weighted by atomic mass is 32.1. The number of nitrogens with two attached hydrogens (primary N) is 1. The van der Waals surface area contributed by atoms with E-state index in [0.29, 0.717) is 12.1 Å². The van der Waals surface area contributed by atoms with E-state index < -0.39 is 6.03 Å². The zero-order valence-electron chi connectivity index (χ0n) is 19.9. The number of carbonyl (C=O) groups is 1. The van der Waals surface area contributed by atoms with Crippen molar-refractivity contribution < 1.29 is 9.53 Å². The van der Waals surface area contributed by atoms with Gasteiger partial charge < -0.3 is 15.4 Å². The predicted molar refractivity (Wildman–Crippen MR) is 142 cm³/mol. The van der Waals surface area contributed by atoms with Crippen molar-refractivity contribution in [3.8, 4) is 11.8 Å². The summed E-state index contributed by atoms with van der Waals surface area (Å²) < 4.78 is 7.06. The van der Waals surface area contributed by atoms with Crippen molar-refractivity contribution in [2.45, 2.75) is 25.7 Å². The second-order valence-electron chi connectivity index (χ2n) is 9.19. The van der Waals surface area contributed by atoms with Gasteiger partial charge in [0.15, 0.2) is 0 Å². The minimum Gasteiger partial charge on any atom is -0.491 e. The number of fused-ring (bicyclic) bond motifs is 2. The number of nitrogens with zero attached hydrogens (tertiary/aromatic N) is 4. The number of primary amides is 1. The van der Waals surface area contributed by atoms with Gasteiger partial charge >= 0.3 is 6.03 Å². The maximum Gasteiger partial charge on any atom is 0.319 e. The number of carbonyl (C=O) groups excluding carboxylic acids is 1. The molecule has 2 aromatic carbocycles. The van der Waals surface area contributed by atoms with E-state index in [1.165, 1.54) is 22.6 Å². The summed E-state index contributed by atoms with van der Waals surface area (Å²) in [6.45, 7) is 6.48. The number of para-hydroxylation sites is 1. The number of nitriles is 1. The second-order valence-corrected chi connectivity index (χ2v) is 10.3. The van der Waals surface area contributed by atoms with Gasteiger partial charge in [-0.3, -0.25) is 9.80 Å². The molecule has 35 heavy (non-hydrogen) atoms. The number of piperazine rings is 1. The molecule has 0 spiro atoms. The van der Waals surface area contributed by atoms with E-state index in [4.69, 9.17) is 15.7 Å². The Morgan fingerprint density at radius 1 is 1.14 bits per heavy atom. The first kappa shape index (κ1) is 23.5. The molecule has 0 atom stereocenters. The Bertz CT molecular complexity index is 1240. The van der Waals surface area contributed by atoms with Gasteiger partial charge in [-0.05, 0) is 73.5 Å². The summed E-state index contributed by atoms with van der Waals surface area (Å²) in [5.41, 5.74) is 8.90. The fourth-order valence-corrected chi connectivity index (χ4v) is 6.07. The number of amides is 2. The lowest BCUT2D eigenvalue weighted by molar-refractivity contribution is 0.247. The Morgan fingerprint density at radius 2 is 2.00 bits per heavy atom. The number of hydrogen-bond donors (Lipinski definition) is 1. The molecule has 0 saturated carbocycles. The van der Waals surface area contributed by atoms with Crippen molar-refractivity contribution in [3.63, 3.8) is 0 Å². The van der Waals surface area contributed by atoms with Gasteiger partial charge in [0.05, 0.1) is 23.9 Å². The van der Waals surface area contributed by atoms with Crippen LogP contribution in [0.1, 0.15) is 30.4 Å². The molecule has 3 heterocycles. The van der Waals surface area contributed by atoms with E-state index in [0.717, 1.165) is 85.9 Å². The summed E-state index contributed by atoms with van der Waals surface area (Å²) in [6.07, 6.45) is 4.11. The number of benzene rings is 2. The van der Waals surface area contributed by atoms with Crippen LogP contribution in [-0.4, -0.2) is 56.8 Å². The van der Waals surface area contributed by atoms with Crippen molar-refractivity contribution in [1.82, 2.24) is 4.90 Å². The molecule has 3 aromatic rings. The molecule has 0 aliphatic carbocycles. The largest absolute Gasteiger partial charge is 0.491 e. The Balaban J connectivity index is 1.11. The molecule has 0 radical (unpaired) electrons. The van der Waals surface area contributed by atoms with Gasteiger partial charge in [-0.25, -0.2) is 4.79 Å². The zero-order chi connectivity index (χ0) is 24.2. The summed E-state index contributed by atoms with van der Waals surface area (Å²) in [6, 6.07) is 15.8. The van der Waals surface area contributed by atoms with Crippen molar-refractivity contribution in [2.75, 3.05) is 55.7 Å². The first-order chi connectivity index (χ1) is 17.1. The first-order valence-electron chi connectivity index (χ1n) is 12.3. The van der Waals surface area contributed by atoms with Crippen LogP contribution in [0.15, 0.2) is 42.5 Å². The highest BCUT2D eigenvalue weighted by Gasteiger charge is 2.23. The molecule has 1 fully saturated rings. The predicted octanol–water partition coefficient (Wildman–Crippen LogP) is 4.59. The summed E-state index contributed by atoms with van der Waals surface area (Å²) in [5.74, 6) is 1.09. The summed E-state index contributed by atoms with van der Waals surface area (Å²) in [7, 11) is 0. The Hall–Kier alpha value is -3.28. The number of aryl methyl sites for hydroxylation is 1. The molecule has 1 aromatic heterocycles. The molecule has 5 rings (SSSR count). The number of thiophene rings is 1. The summed E-state index contributed by atoms with van der Waals surface area (Å²) >= 11 is 1.54. The van der Waals surface area contributed by atoms with Gasteiger partial charge in [0.25, 0.3) is 0 Å². The van der Waals surface area contributed by atoms with E-state index in [9.17, 15) is 4.79 Å². The van der Waals surface area contributed by atoms with E-state index in [-0.39, 0.29) is 0 Å². The fourth-order valence-electron chi connectivity index (χ4n) is 5.00. The van der Waals surface area contributed by atoms with Gasteiger partial charge in [-0.2, -0.15) is 5.26 Å². The van der Waals surface area contributed by atoms with Gasteiger partial charge in [-0.1, -0.05) is 12.1 Å². The van der Waals surface area contributed by atoms with Crippen molar-refractivity contribution in [1.29, 1.82) is 5.26 Å². The van der Waals surface area contributed by atoms with Crippen LogP contribution in [0.25, 0.3) is 10.1 Å². The van der Waals surface area contributed by atoms with E-state index in [2.05, 4.69) is 34.1 Å². The molecule has 8 heteroatoms. The van der Waals surface area contributed by atoms with E-state index >= 15 is 0 Å². The average molecular weight is 490 g/mol. The summed E-state index contributed by atoms with van der Waals surface area (Å²) in [5, 5.41) is 10.9. The van der Waals surface area contributed by atoms with Gasteiger partial charge in [0.2, 0.25) is 0 Å². The maximum absolute atomic E-state index is 12.1. The third-order valence-corrected chi connectivity index (χ3v) is 8.04. The van der Waals surface area contributed by atoms with Crippen LogP contribution in [0, 0.1) is 11.3 Å². The van der Waals surface area contributed by atoms with Gasteiger partial charge in [0.1, 0.15) is 10.8 Å². The van der Waals surface area contributed by atoms with Crippen LogP contribution < -0.4 is 20.3 Å². The minimum absolute atomic E-state index is 0.431. The molecular formula is C27H31N5O2S. The van der Waals surface area contributed by atoms with Crippen LogP contribution in [0.4, 0.5) is 15.5 Å². The molecule has 2 aliphatic heterocycles. The molecular weight excluding hydrogens is 458 g/mol. The second kappa shape index (κ2) is 10.5. The highest BCUT2D eigenvalue weighted by molar-refractivity contribution is 7.23. The minimum atomic E-state index is -0.431. The Kier molecular flexibility index (Phi) is 7.07. The number of hydrogen-bond acceptors (Lipinski definition) is 6. The maximum atomic E-state index is 12.1. The molecule has 182 valence electrons. The average Bonchev–Trinajstić information content (AvgIpc) is 3.31. The Morgan fingerprint density at radius 3 is 2.80 bits per heavy atom. The molecule has 2 aliphatic rings. The van der Waals surface area contributed by atoms with E-state index in [1.54, 1.807) is 11.0 Å². The van der Waals surface area contributed by atoms with Crippen molar-refractivity contribution >= 4 is 38.1 Å². The van der Waals surface area contributed by atoms with Gasteiger partial charge in [0, 0.05) is 37.4 Å². The van der Waals surface area contributed by atoms with Crippen LogP contribution in [-0.2, 0) is 6.42 Å². The van der Waals surface area contributed by atoms with Crippen molar-refractivity contribution in [2.24, 2.45) is 5.73 Å². The quantitative estimate of drug-likeness (QED) is 0.491. The molecule has 0 unspecified atom stereocenters. The number of unbranched alkanes of at least 4 members (excludes halogenated alkanes) is 1. The van der Waals surface area contributed by atoms with Crippen LogP contribution in [0.3, 0.4) is 0 Å². The third-order valence-electron chi connectivity index (χ3n) is 6.90. The fraction of sp³-hybridized carbons (Fsp3) is 0.407. The summed E-state index contributed by atoms with van der Waals surface area (Å²) in [4.78, 5) is 18.8. The topological polar surface area (TPSA) is 85.8 Å². The standard InChI is InChI=1S/C27H31N5O2S/c28-19-20-8-9-24-22(17-20)18-25(35-24)32(27(29)33)11-2-1-10-30-12-14-31(15-13-30)23-7-3-5-21-6-4-16-34-26(21)23/h3,5,7-9,17-18H,1-2,4,6,10-16H2,(H2,29,33). The lowest BCUT2D eigenvalue weighted by Gasteiger charge is -2.37. The van der Waals surface area contributed by atoms with Crippen LogP contribution in [0.5, 0.6) is 5.75 Å². The third kappa shape index (κ3) is 5.21. The number of urea groups is 1. The Labute approximate surface area is 210 Å². The van der Waals surface area contributed by atoms with Crippen molar-refractivity contribution in [3.05, 3.63) is 53.6 Å². The van der Waals surface area contributed by atoms with Crippen LogP contribution in [0.2, 0.25) is 0 Å². The monoisotopic (exact) mass is 489 g/mol.